The monoisotopic (exact) mass is 514 g/mol. The van der Waals surface area contributed by atoms with Gasteiger partial charge in [0, 0.05) is 11.6 Å². The fraction of sp³-hybridized carbons (Fsp3) is 0.296. The lowest BCUT2D eigenvalue weighted by atomic mass is 10.1. The van der Waals surface area contributed by atoms with E-state index in [0.717, 1.165) is 28.5 Å². The molecule has 0 unspecified atom stereocenters. The van der Waals surface area contributed by atoms with Crippen molar-refractivity contribution >= 4 is 33.2 Å². The zero-order valence-electron chi connectivity index (χ0n) is 20.2. The smallest absolute Gasteiger partial charge is 0.264 e. The molecule has 8 heteroatoms. The summed E-state index contributed by atoms with van der Waals surface area (Å²) in [6, 6.07) is 20.9. The molecular formula is C27H31ClN2O4S. The van der Waals surface area contributed by atoms with Gasteiger partial charge in [0.1, 0.15) is 12.3 Å². The number of anilines is 1. The number of halogens is 1. The van der Waals surface area contributed by atoms with E-state index in [1.165, 1.54) is 12.1 Å². The number of carbonyl (C=O) groups excluding carboxylic acids is 1. The SMILES string of the molecule is Cc1cc(Cl)ccc1N(CC(=O)NCCCc1ccc(OC(C)C)cc1)S(=O)(=O)c1ccccc1. The molecule has 0 bridgehead atoms. The normalized spacial score (nSPS) is 11.3. The second-order valence-electron chi connectivity index (χ2n) is 8.52. The maximum atomic E-state index is 13.4. The molecule has 0 saturated heterocycles. The quantitative estimate of drug-likeness (QED) is 0.348. The molecule has 0 radical (unpaired) electrons. The van der Waals surface area contributed by atoms with Crippen LogP contribution < -0.4 is 14.4 Å². The van der Waals surface area contributed by atoms with Crippen LogP contribution in [0, 0.1) is 6.92 Å². The number of benzene rings is 3. The first kappa shape index (κ1) is 26.6. The Balaban J connectivity index is 1.65. The first-order chi connectivity index (χ1) is 16.7. The van der Waals surface area contributed by atoms with Crippen LogP contribution in [0.5, 0.6) is 5.75 Å². The molecule has 6 nitrogen and oxygen atoms in total. The fourth-order valence-electron chi connectivity index (χ4n) is 3.63. The molecule has 1 amide bonds. The van der Waals surface area contributed by atoms with Gasteiger partial charge in [0.05, 0.1) is 16.7 Å². The van der Waals surface area contributed by atoms with Crippen molar-refractivity contribution in [3.05, 3.63) is 88.9 Å². The summed E-state index contributed by atoms with van der Waals surface area (Å²) in [6.07, 6.45) is 1.63. The summed E-state index contributed by atoms with van der Waals surface area (Å²) >= 11 is 6.07. The number of hydrogen-bond donors (Lipinski definition) is 1. The van der Waals surface area contributed by atoms with Crippen molar-refractivity contribution in [1.82, 2.24) is 5.32 Å². The lowest BCUT2D eigenvalue weighted by molar-refractivity contribution is -0.119. The van der Waals surface area contributed by atoms with Gasteiger partial charge in [-0.05, 0) is 87.2 Å². The Hall–Kier alpha value is -3.03. The van der Waals surface area contributed by atoms with Crippen molar-refractivity contribution in [2.75, 3.05) is 17.4 Å². The van der Waals surface area contributed by atoms with E-state index in [2.05, 4.69) is 5.32 Å². The van der Waals surface area contributed by atoms with Gasteiger partial charge in [-0.3, -0.25) is 9.10 Å². The molecule has 186 valence electrons. The minimum atomic E-state index is -3.95. The van der Waals surface area contributed by atoms with Crippen LogP contribution in [0.3, 0.4) is 0 Å². The molecule has 0 aliphatic rings. The average molecular weight is 515 g/mol. The third-order valence-corrected chi connectivity index (χ3v) is 7.31. The highest BCUT2D eigenvalue weighted by atomic mass is 35.5. The molecule has 3 aromatic carbocycles. The molecule has 0 saturated carbocycles. The molecule has 0 aliphatic carbocycles. The summed E-state index contributed by atoms with van der Waals surface area (Å²) in [4.78, 5) is 12.9. The maximum Gasteiger partial charge on any atom is 0.264 e. The summed E-state index contributed by atoms with van der Waals surface area (Å²) in [5, 5.41) is 3.35. The zero-order valence-corrected chi connectivity index (χ0v) is 21.8. The zero-order chi connectivity index (χ0) is 25.4. The molecule has 0 fully saturated rings. The molecular weight excluding hydrogens is 484 g/mol. The maximum absolute atomic E-state index is 13.4. The summed E-state index contributed by atoms with van der Waals surface area (Å²) in [5.74, 6) is 0.453. The number of nitrogens with one attached hydrogen (secondary N) is 1. The Labute approximate surface area is 212 Å². The van der Waals surface area contributed by atoms with E-state index < -0.39 is 10.0 Å². The number of ether oxygens (including phenoxy) is 1. The summed E-state index contributed by atoms with van der Waals surface area (Å²) in [6.45, 7) is 5.83. The average Bonchev–Trinajstić information content (AvgIpc) is 2.82. The number of hydrogen-bond acceptors (Lipinski definition) is 4. The minimum Gasteiger partial charge on any atom is -0.491 e. The van der Waals surface area contributed by atoms with Crippen LogP contribution in [0.2, 0.25) is 5.02 Å². The van der Waals surface area contributed by atoms with Crippen molar-refractivity contribution in [3.8, 4) is 5.75 Å². The number of nitrogens with zero attached hydrogens (tertiary/aromatic N) is 1. The molecule has 0 aliphatic heterocycles. The highest BCUT2D eigenvalue weighted by Crippen LogP contribution is 2.28. The standard InChI is InChI=1S/C27H31ClN2O4S/c1-20(2)34-24-14-11-22(12-15-24)8-7-17-29-27(31)19-30(26-16-13-23(28)18-21(26)3)35(32,33)25-9-5-4-6-10-25/h4-6,9-16,18,20H,7-8,17,19H2,1-3H3,(H,29,31). The Bertz CT molecular complexity index is 1230. The fourth-order valence-corrected chi connectivity index (χ4v) is 5.36. The predicted molar refractivity (Wildman–Crippen MR) is 141 cm³/mol. The third-order valence-electron chi connectivity index (χ3n) is 5.31. The van der Waals surface area contributed by atoms with E-state index >= 15 is 0 Å². The third kappa shape index (κ3) is 7.47. The predicted octanol–water partition coefficient (Wildman–Crippen LogP) is 5.38. The summed E-state index contributed by atoms with van der Waals surface area (Å²) in [7, 11) is -3.95. The van der Waals surface area contributed by atoms with Crippen LogP contribution in [0.15, 0.2) is 77.7 Å². The number of sulfonamides is 1. The van der Waals surface area contributed by atoms with E-state index in [-0.39, 0.29) is 23.5 Å². The molecule has 0 heterocycles. The molecule has 3 aromatic rings. The van der Waals surface area contributed by atoms with E-state index in [1.807, 2.05) is 38.1 Å². The van der Waals surface area contributed by atoms with E-state index in [0.29, 0.717) is 22.8 Å². The van der Waals surface area contributed by atoms with E-state index in [9.17, 15) is 13.2 Å². The highest BCUT2D eigenvalue weighted by Gasteiger charge is 2.28. The van der Waals surface area contributed by atoms with Crippen LogP contribution in [0.1, 0.15) is 31.4 Å². The van der Waals surface area contributed by atoms with Gasteiger partial charge in [0.2, 0.25) is 5.91 Å². The molecule has 0 aromatic heterocycles. The van der Waals surface area contributed by atoms with Gasteiger partial charge < -0.3 is 10.1 Å². The second-order valence-corrected chi connectivity index (χ2v) is 10.8. The van der Waals surface area contributed by atoms with Crippen LogP contribution in [-0.4, -0.2) is 33.5 Å². The van der Waals surface area contributed by atoms with E-state index in [1.54, 1.807) is 43.3 Å². The van der Waals surface area contributed by atoms with E-state index in [4.69, 9.17) is 16.3 Å². The molecule has 0 atom stereocenters. The summed E-state index contributed by atoms with van der Waals surface area (Å²) < 4.78 is 33.6. The van der Waals surface area contributed by atoms with Crippen molar-refractivity contribution in [1.29, 1.82) is 0 Å². The number of rotatable bonds is 11. The first-order valence-electron chi connectivity index (χ1n) is 11.5. The van der Waals surface area contributed by atoms with Gasteiger partial charge in [-0.1, -0.05) is 41.9 Å². The van der Waals surface area contributed by atoms with Gasteiger partial charge in [-0.2, -0.15) is 0 Å². The van der Waals surface area contributed by atoms with Crippen molar-refractivity contribution in [3.63, 3.8) is 0 Å². The van der Waals surface area contributed by atoms with Crippen molar-refractivity contribution in [2.24, 2.45) is 0 Å². The van der Waals surface area contributed by atoms with Crippen LogP contribution >= 0.6 is 11.6 Å². The minimum absolute atomic E-state index is 0.118. The number of aryl methyl sites for hydroxylation is 2. The first-order valence-corrected chi connectivity index (χ1v) is 13.3. The van der Waals surface area contributed by atoms with Crippen LogP contribution in [0.25, 0.3) is 0 Å². The topological polar surface area (TPSA) is 75.7 Å². The number of carbonyl (C=O) groups is 1. The Morgan fingerprint density at radius 1 is 1.03 bits per heavy atom. The highest BCUT2D eigenvalue weighted by molar-refractivity contribution is 7.92. The van der Waals surface area contributed by atoms with Crippen molar-refractivity contribution < 1.29 is 17.9 Å². The Morgan fingerprint density at radius 3 is 2.34 bits per heavy atom. The van der Waals surface area contributed by atoms with Gasteiger partial charge in [-0.25, -0.2) is 8.42 Å². The molecule has 35 heavy (non-hydrogen) atoms. The molecule has 1 N–H and O–H groups in total. The lowest BCUT2D eigenvalue weighted by Gasteiger charge is -2.25. The Morgan fingerprint density at radius 2 is 1.71 bits per heavy atom. The number of amides is 1. The lowest BCUT2D eigenvalue weighted by Crippen LogP contribution is -2.41. The summed E-state index contributed by atoms with van der Waals surface area (Å²) in [5.41, 5.74) is 2.22. The Kier molecular flexibility index (Phi) is 9.18. The second kappa shape index (κ2) is 12.1. The van der Waals surface area contributed by atoms with Crippen LogP contribution in [-0.2, 0) is 21.2 Å². The van der Waals surface area contributed by atoms with Gasteiger partial charge in [0.25, 0.3) is 10.0 Å². The van der Waals surface area contributed by atoms with Gasteiger partial charge in [0.15, 0.2) is 0 Å². The largest absolute Gasteiger partial charge is 0.491 e. The molecule has 3 rings (SSSR count). The van der Waals surface area contributed by atoms with Gasteiger partial charge in [-0.15, -0.1) is 0 Å². The van der Waals surface area contributed by atoms with Crippen molar-refractivity contribution in [2.45, 2.75) is 44.6 Å². The van der Waals surface area contributed by atoms with Gasteiger partial charge >= 0.3 is 0 Å². The molecule has 0 spiro atoms. The van der Waals surface area contributed by atoms with Crippen LogP contribution in [0.4, 0.5) is 5.69 Å².